The predicted molar refractivity (Wildman–Crippen MR) is 52.8 cm³/mol. The largest absolute Gasteiger partial charge is 0.419 e. The van der Waals surface area contributed by atoms with Crippen LogP contribution in [0.4, 0.5) is 27.6 Å². The maximum absolute atomic E-state index is 13.7. The van der Waals surface area contributed by atoms with Crippen LogP contribution in [0.5, 0.6) is 0 Å². The van der Waals surface area contributed by atoms with E-state index in [2.05, 4.69) is 0 Å². The topological polar surface area (TPSA) is 3.24 Å². The van der Waals surface area contributed by atoms with Gasteiger partial charge in [0, 0.05) is 19.2 Å². The summed E-state index contributed by atoms with van der Waals surface area (Å²) in [5.74, 6) is -2.46. The highest BCUT2D eigenvalue weighted by Crippen LogP contribution is 2.36. The second kappa shape index (κ2) is 4.16. The molecule has 0 unspecified atom stereocenters. The zero-order valence-electron chi connectivity index (χ0n) is 8.82. The van der Waals surface area contributed by atoms with Gasteiger partial charge in [-0.25, -0.2) is 8.78 Å². The van der Waals surface area contributed by atoms with Gasteiger partial charge in [-0.05, 0) is 18.9 Å². The first-order valence-corrected chi connectivity index (χ1v) is 5.21. The Morgan fingerprint density at radius 2 is 1.59 bits per heavy atom. The van der Waals surface area contributed by atoms with Crippen molar-refractivity contribution in [3.8, 4) is 0 Å². The lowest BCUT2D eigenvalue weighted by atomic mass is 10.1. The van der Waals surface area contributed by atoms with E-state index in [-0.39, 0.29) is 11.8 Å². The molecule has 0 spiro atoms. The summed E-state index contributed by atoms with van der Waals surface area (Å²) in [7, 11) is 0. The molecule has 0 N–H and O–H groups in total. The molecule has 0 amide bonds. The van der Waals surface area contributed by atoms with Gasteiger partial charge in [-0.2, -0.15) is 13.2 Å². The lowest BCUT2D eigenvalue weighted by molar-refractivity contribution is -0.140. The van der Waals surface area contributed by atoms with E-state index in [4.69, 9.17) is 0 Å². The summed E-state index contributed by atoms with van der Waals surface area (Å²) in [6.45, 7) is 0.912. The van der Waals surface area contributed by atoms with Crippen LogP contribution in [-0.2, 0) is 6.18 Å². The number of rotatable bonds is 1. The normalized spacial score (nSPS) is 16.6. The summed E-state index contributed by atoms with van der Waals surface area (Å²) in [6.07, 6.45) is -3.32. The number of alkyl halides is 3. The van der Waals surface area contributed by atoms with Gasteiger partial charge in [0.05, 0.1) is 11.3 Å². The summed E-state index contributed by atoms with van der Waals surface area (Å²) in [5.41, 5.74) is -1.84. The minimum Gasteiger partial charge on any atom is -0.369 e. The third-order valence-electron chi connectivity index (χ3n) is 2.77. The number of benzene rings is 1. The van der Waals surface area contributed by atoms with E-state index >= 15 is 0 Å². The zero-order chi connectivity index (χ0) is 12.6. The van der Waals surface area contributed by atoms with Crippen molar-refractivity contribution in [1.29, 1.82) is 0 Å². The average molecular weight is 251 g/mol. The molecule has 2 rings (SSSR count). The molecule has 1 aliphatic heterocycles. The first-order valence-electron chi connectivity index (χ1n) is 5.21. The predicted octanol–water partition coefficient (Wildman–Crippen LogP) is 3.58. The molecule has 17 heavy (non-hydrogen) atoms. The van der Waals surface area contributed by atoms with Crippen LogP contribution in [-0.4, -0.2) is 13.1 Å². The molecule has 0 saturated carbocycles. The van der Waals surface area contributed by atoms with Crippen molar-refractivity contribution >= 4 is 5.69 Å². The van der Waals surface area contributed by atoms with E-state index in [1.165, 1.54) is 4.90 Å². The van der Waals surface area contributed by atoms with Crippen LogP contribution in [0, 0.1) is 11.6 Å². The van der Waals surface area contributed by atoms with E-state index in [1.807, 2.05) is 0 Å². The Morgan fingerprint density at radius 3 is 2.12 bits per heavy atom. The molecule has 1 nitrogen and oxygen atoms in total. The molecule has 1 aromatic rings. The Kier molecular flexibility index (Phi) is 2.97. The molecule has 0 radical (unpaired) electrons. The van der Waals surface area contributed by atoms with Crippen molar-refractivity contribution in [1.82, 2.24) is 0 Å². The van der Waals surface area contributed by atoms with Crippen LogP contribution < -0.4 is 4.90 Å². The summed E-state index contributed by atoms with van der Waals surface area (Å²) >= 11 is 0. The summed E-state index contributed by atoms with van der Waals surface area (Å²) < 4.78 is 64.2. The van der Waals surface area contributed by atoms with E-state index in [0.29, 0.717) is 13.1 Å². The summed E-state index contributed by atoms with van der Waals surface area (Å²) in [5, 5.41) is 0. The minimum absolute atomic E-state index is 0.189. The molecule has 0 bridgehead atoms. The first-order chi connectivity index (χ1) is 7.89. The minimum atomic E-state index is -4.87. The van der Waals surface area contributed by atoms with Crippen LogP contribution >= 0.6 is 0 Å². The lowest BCUT2D eigenvalue weighted by Gasteiger charge is -2.20. The van der Waals surface area contributed by atoms with Crippen LogP contribution in [0.15, 0.2) is 12.1 Å². The highest BCUT2D eigenvalue weighted by Gasteiger charge is 2.36. The highest BCUT2D eigenvalue weighted by molar-refractivity contribution is 5.52. The monoisotopic (exact) mass is 251 g/mol. The molecule has 6 heteroatoms. The molecule has 0 atom stereocenters. The van der Waals surface area contributed by atoms with Gasteiger partial charge < -0.3 is 4.90 Å². The Labute approximate surface area is 94.8 Å². The van der Waals surface area contributed by atoms with Gasteiger partial charge in [-0.1, -0.05) is 0 Å². The lowest BCUT2D eigenvalue weighted by Crippen LogP contribution is -2.21. The molecule has 1 heterocycles. The van der Waals surface area contributed by atoms with Gasteiger partial charge in [-0.15, -0.1) is 0 Å². The number of hydrogen-bond acceptors (Lipinski definition) is 1. The zero-order valence-corrected chi connectivity index (χ0v) is 8.82. The van der Waals surface area contributed by atoms with Gasteiger partial charge in [0.1, 0.15) is 5.82 Å². The van der Waals surface area contributed by atoms with Crippen molar-refractivity contribution < 1.29 is 22.0 Å². The van der Waals surface area contributed by atoms with Crippen molar-refractivity contribution in [2.24, 2.45) is 0 Å². The molecule has 94 valence electrons. The Morgan fingerprint density at radius 1 is 1.00 bits per heavy atom. The second-order valence-electron chi connectivity index (χ2n) is 3.98. The highest BCUT2D eigenvalue weighted by atomic mass is 19.4. The van der Waals surface area contributed by atoms with Gasteiger partial charge in [0.2, 0.25) is 0 Å². The number of halogens is 5. The molecule has 1 aromatic carbocycles. The van der Waals surface area contributed by atoms with E-state index in [9.17, 15) is 22.0 Å². The fourth-order valence-corrected chi connectivity index (χ4v) is 1.97. The molecule has 0 aromatic heterocycles. The molecule has 1 saturated heterocycles. The smallest absolute Gasteiger partial charge is 0.369 e. The molecular weight excluding hydrogens is 241 g/mol. The van der Waals surface area contributed by atoms with E-state index in [0.717, 1.165) is 18.9 Å². The number of nitrogens with zero attached hydrogens (tertiary/aromatic N) is 1. The molecule has 1 fully saturated rings. The second-order valence-corrected chi connectivity index (χ2v) is 3.98. The fraction of sp³-hybridized carbons (Fsp3) is 0.455. The maximum atomic E-state index is 13.7. The third kappa shape index (κ3) is 2.35. The van der Waals surface area contributed by atoms with Crippen LogP contribution in [0.3, 0.4) is 0 Å². The Hall–Kier alpha value is -1.33. The van der Waals surface area contributed by atoms with Crippen molar-refractivity contribution in [2.45, 2.75) is 19.0 Å². The Bertz CT molecular complexity index is 421. The van der Waals surface area contributed by atoms with Crippen molar-refractivity contribution in [2.75, 3.05) is 18.0 Å². The number of anilines is 1. The Balaban J connectivity index is 2.49. The van der Waals surface area contributed by atoms with Crippen LogP contribution in [0.1, 0.15) is 18.4 Å². The van der Waals surface area contributed by atoms with E-state index in [1.54, 1.807) is 0 Å². The molecule has 1 aliphatic rings. The SMILES string of the molecule is Fc1cc(N2CCCC2)c(F)c(C(F)(F)F)c1. The summed E-state index contributed by atoms with van der Waals surface area (Å²) in [4.78, 5) is 1.44. The van der Waals surface area contributed by atoms with Crippen LogP contribution in [0.2, 0.25) is 0 Å². The van der Waals surface area contributed by atoms with Gasteiger partial charge in [-0.3, -0.25) is 0 Å². The van der Waals surface area contributed by atoms with E-state index < -0.39 is 23.4 Å². The average Bonchev–Trinajstić information content (AvgIpc) is 2.72. The van der Waals surface area contributed by atoms with Gasteiger partial charge in [0.25, 0.3) is 0 Å². The fourth-order valence-electron chi connectivity index (χ4n) is 1.97. The third-order valence-corrected chi connectivity index (χ3v) is 2.77. The summed E-state index contributed by atoms with van der Waals surface area (Å²) in [6, 6.07) is 1.00. The maximum Gasteiger partial charge on any atom is 0.419 e. The van der Waals surface area contributed by atoms with Crippen molar-refractivity contribution in [3.63, 3.8) is 0 Å². The van der Waals surface area contributed by atoms with Gasteiger partial charge >= 0.3 is 6.18 Å². The molecule has 0 aliphatic carbocycles. The van der Waals surface area contributed by atoms with Gasteiger partial charge in [0.15, 0.2) is 5.82 Å². The number of hydrogen-bond donors (Lipinski definition) is 0. The van der Waals surface area contributed by atoms with Crippen molar-refractivity contribution in [3.05, 3.63) is 29.3 Å². The standard InChI is InChI=1S/C11H10F5N/c12-7-5-8(11(14,15)16)10(13)9(6-7)17-3-1-2-4-17/h5-6H,1-4H2. The quantitative estimate of drug-likeness (QED) is 0.689. The molecular formula is C11H10F5N. The first kappa shape index (κ1) is 12.1. The van der Waals surface area contributed by atoms with Crippen LogP contribution in [0.25, 0.3) is 0 Å².